The number of carboxylic acid groups (broad SMARTS) is 1. The number of rotatable bonds is 4. The topological polar surface area (TPSA) is 76.2 Å². The van der Waals surface area contributed by atoms with Gasteiger partial charge in [0, 0.05) is 11.8 Å². The summed E-state index contributed by atoms with van der Waals surface area (Å²) in [5.41, 5.74) is 5.36. The maximum atomic E-state index is 12.6. The highest BCUT2D eigenvalue weighted by Crippen LogP contribution is 2.30. The zero-order valence-electron chi connectivity index (χ0n) is 10.6. The lowest BCUT2D eigenvalue weighted by Gasteiger charge is -2.07. The number of carbonyl (C=O) groups is 1. The number of alkyl halides is 3. The third-order valence-electron chi connectivity index (χ3n) is 2.76. The zero-order chi connectivity index (χ0) is 15.6. The van der Waals surface area contributed by atoms with Gasteiger partial charge in [-0.25, -0.2) is 4.98 Å². The summed E-state index contributed by atoms with van der Waals surface area (Å²) in [4.78, 5) is 14.8. The second-order valence-corrected chi connectivity index (χ2v) is 5.30. The summed E-state index contributed by atoms with van der Waals surface area (Å²) in [6, 6.07) is 3.72. The van der Waals surface area contributed by atoms with Gasteiger partial charge in [-0.2, -0.15) is 13.2 Å². The van der Waals surface area contributed by atoms with Crippen LogP contribution >= 0.6 is 11.3 Å². The minimum atomic E-state index is -4.39. The molecule has 0 aliphatic heterocycles. The number of carboxylic acids is 1. The summed E-state index contributed by atoms with van der Waals surface area (Å²) in [6.07, 6.45) is -4.20. The molecule has 21 heavy (non-hydrogen) atoms. The number of nitrogens with two attached hydrogens (primary N) is 1. The molecule has 112 valence electrons. The third-order valence-corrected chi connectivity index (χ3v) is 3.63. The SMILES string of the molecule is NC(C(=O)O)c1csc(Cc2cccc(C(F)(F)F)c2)n1. The number of thiazole rings is 1. The average Bonchev–Trinajstić information content (AvgIpc) is 2.85. The van der Waals surface area contributed by atoms with Gasteiger partial charge in [0.05, 0.1) is 16.3 Å². The van der Waals surface area contributed by atoms with Crippen LogP contribution in [0.2, 0.25) is 0 Å². The zero-order valence-corrected chi connectivity index (χ0v) is 11.4. The molecule has 3 N–H and O–H groups in total. The second-order valence-electron chi connectivity index (χ2n) is 4.36. The molecule has 1 unspecified atom stereocenters. The lowest BCUT2D eigenvalue weighted by molar-refractivity contribution is -0.139. The summed E-state index contributed by atoms with van der Waals surface area (Å²) >= 11 is 1.17. The number of halogens is 3. The van der Waals surface area contributed by atoms with Crippen molar-refractivity contribution in [1.29, 1.82) is 0 Å². The molecule has 2 aromatic rings. The van der Waals surface area contributed by atoms with Crippen LogP contribution in [0, 0.1) is 0 Å². The van der Waals surface area contributed by atoms with Gasteiger partial charge in [-0.15, -0.1) is 11.3 Å². The van der Waals surface area contributed by atoms with E-state index >= 15 is 0 Å². The molecule has 0 aliphatic rings. The Morgan fingerprint density at radius 1 is 1.43 bits per heavy atom. The molecule has 4 nitrogen and oxygen atoms in total. The molecule has 0 saturated heterocycles. The van der Waals surface area contributed by atoms with Crippen molar-refractivity contribution < 1.29 is 23.1 Å². The molecule has 1 heterocycles. The summed E-state index contributed by atoms with van der Waals surface area (Å²) < 4.78 is 37.8. The van der Waals surface area contributed by atoms with Crippen molar-refractivity contribution in [3.63, 3.8) is 0 Å². The molecular weight excluding hydrogens is 305 g/mol. The number of benzene rings is 1. The van der Waals surface area contributed by atoms with Gasteiger partial charge in [0.2, 0.25) is 0 Å². The molecule has 0 bridgehead atoms. The van der Waals surface area contributed by atoms with Gasteiger partial charge >= 0.3 is 12.1 Å². The Balaban J connectivity index is 2.18. The van der Waals surface area contributed by atoms with Gasteiger partial charge in [0.25, 0.3) is 0 Å². The molecule has 2 rings (SSSR count). The minimum Gasteiger partial charge on any atom is -0.480 e. The molecule has 0 amide bonds. The number of aromatic nitrogens is 1. The summed E-state index contributed by atoms with van der Waals surface area (Å²) in [6.45, 7) is 0. The first-order chi connectivity index (χ1) is 9.77. The molecule has 0 radical (unpaired) electrons. The Morgan fingerprint density at radius 2 is 2.14 bits per heavy atom. The van der Waals surface area contributed by atoms with Gasteiger partial charge in [-0.3, -0.25) is 4.79 Å². The molecule has 1 aromatic carbocycles. The van der Waals surface area contributed by atoms with E-state index in [1.807, 2.05) is 0 Å². The fourth-order valence-corrected chi connectivity index (χ4v) is 2.57. The summed E-state index contributed by atoms with van der Waals surface area (Å²) in [5.74, 6) is -1.20. The second kappa shape index (κ2) is 5.82. The standard InChI is InChI=1S/C13H11F3N2O2S/c14-13(15,16)8-3-1-2-7(4-8)5-10-18-9(6-21-10)11(17)12(19)20/h1-4,6,11H,5,17H2,(H,19,20). The van der Waals surface area contributed by atoms with E-state index < -0.39 is 23.8 Å². The normalized spacial score (nSPS) is 13.1. The van der Waals surface area contributed by atoms with E-state index in [0.29, 0.717) is 10.6 Å². The van der Waals surface area contributed by atoms with E-state index in [4.69, 9.17) is 10.8 Å². The van der Waals surface area contributed by atoms with Crippen LogP contribution in [-0.2, 0) is 17.4 Å². The van der Waals surface area contributed by atoms with Crippen LogP contribution in [0.1, 0.15) is 27.9 Å². The fraction of sp³-hybridized carbons (Fsp3) is 0.231. The molecule has 1 atom stereocenters. The molecule has 0 fully saturated rings. The Labute approximate surface area is 122 Å². The number of aliphatic carboxylic acids is 1. The highest BCUT2D eigenvalue weighted by molar-refractivity contribution is 7.09. The predicted octanol–water partition coefficient (Wildman–Crippen LogP) is 2.84. The van der Waals surface area contributed by atoms with Crippen molar-refractivity contribution in [1.82, 2.24) is 4.98 Å². The Kier molecular flexibility index (Phi) is 4.29. The number of hydrogen-bond acceptors (Lipinski definition) is 4. The molecule has 0 saturated carbocycles. The van der Waals surface area contributed by atoms with E-state index in [0.717, 1.165) is 12.1 Å². The Bertz CT molecular complexity index is 655. The van der Waals surface area contributed by atoms with Gasteiger partial charge in [0.1, 0.15) is 6.04 Å². The van der Waals surface area contributed by atoms with E-state index in [1.54, 1.807) is 6.07 Å². The van der Waals surface area contributed by atoms with Crippen molar-refractivity contribution >= 4 is 17.3 Å². The molecule has 0 aliphatic carbocycles. The first-order valence-electron chi connectivity index (χ1n) is 5.86. The van der Waals surface area contributed by atoms with E-state index in [1.165, 1.54) is 22.8 Å². The van der Waals surface area contributed by atoms with Gasteiger partial charge in [-0.05, 0) is 11.6 Å². The number of nitrogens with zero attached hydrogens (tertiary/aromatic N) is 1. The quantitative estimate of drug-likeness (QED) is 0.909. The van der Waals surface area contributed by atoms with Crippen LogP contribution in [-0.4, -0.2) is 16.1 Å². The van der Waals surface area contributed by atoms with Crippen molar-refractivity contribution in [3.05, 3.63) is 51.5 Å². The van der Waals surface area contributed by atoms with Crippen molar-refractivity contribution in [3.8, 4) is 0 Å². The first-order valence-corrected chi connectivity index (χ1v) is 6.74. The van der Waals surface area contributed by atoms with E-state index in [2.05, 4.69) is 4.98 Å². The summed E-state index contributed by atoms with van der Waals surface area (Å²) in [7, 11) is 0. The number of hydrogen-bond donors (Lipinski definition) is 2. The molecule has 1 aromatic heterocycles. The largest absolute Gasteiger partial charge is 0.480 e. The molecular formula is C13H11F3N2O2S. The predicted molar refractivity (Wildman–Crippen MR) is 70.9 cm³/mol. The van der Waals surface area contributed by atoms with Crippen molar-refractivity contribution in [2.24, 2.45) is 5.73 Å². The van der Waals surface area contributed by atoms with E-state index in [-0.39, 0.29) is 12.1 Å². The van der Waals surface area contributed by atoms with Crippen LogP contribution in [0.4, 0.5) is 13.2 Å². The highest BCUT2D eigenvalue weighted by atomic mass is 32.1. The van der Waals surface area contributed by atoms with Gasteiger partial charge < -0.3 is 10.8 Å². The lowest BCUT2D eigenvalue weighted by atomic mass is 10.1. The molecule has 0 spiro atoms. The minimum absolute atomic E-state index is 0.195. The maximum absolute atomic E-state index is 12.6. The first kappa shape index (κ1) is 15.5. The van der Waals surface area contributed by atoms with Crippen LogP contribution < -0.4 is 5.73 Å². The summed E-state index contributed by atoms with van der Waals surface area (Å²) in [5, 5.41) is 10.8. The van der Waals surface area contributed by atoms with Crippen LogP contribution in [0.15, 0.2) is 29.6 Å². The van der Waals surface area contributed by atoms with Crippen molar-refractivity contribution in [2.45, 2.75) is 18.6 Å². The fourth-order valence-electron chi connectivity index (χ4n) is 1.71. The smallest absolute Gasteiger partial charge is 0.416 e. The molecule has 8 heteroatoms. The Morgan fingerprint density at radius 3 is 2.76 bits per heavy atom. The van der Waals surface area contributed by atoms with Crippen LogP contribution in [0.5, 0.6) is 0 Å². The van der Waals surface area contributed by atoms with Crippen LogP contribution in [0.25, 0.3) is 0 Å². The highest BCUT2D eigenvalue weighted by Gasteiger charge is 2.30. The van der Waals surface area contributed by atoms with Gasteiger partial charge in [0.15, 0.2) is 0 Å². The van der Waals surface area contributed by atoms with Crippen molar-refractivity contribution in [2.75, 3.05) is 0 Å². The Hall–Kier alpha value is -1.93. The lowest BCUT2D eigenvalue weighted by Crippen LogP contribution is -2.20. The average molecular weight is 316 g/mol. The monoisotopic (exact) mass is 316 g/mol. The maximum Gasteiger partial charge on any atom is 0.416 e. The third kappa shape index (κ3) is 3.79. The van der Waals surface area contributed by atoms with Gasteiger partial charge in [-0.1, -0.05) is 18.2 Å². The van der Waals surface area contributed by atoms with E-state index in [9.17, 15) is 18.0 Å². The van der Waals surface area contributed by atoms with Crippen LogP contribution in [0.3, 0.4) is 0 Å².